The van der Waals surface area contributed by atoms with Gasteiger partial charge in [0.05, 0.1) is 5.69 Å². The number of aromatic nitrogens is 2. The van der Waals surface area contributed by atoms with Gasteiger partial charge in [-0.15, -0.1) is 0 Å². The van der Waals surface area contributed by atoms with Crippen LogP contribution < -0.4 is 11.3 Å². The minimum atomic E-state index is -0.365. The van der Waals surface area contributed by atoms with Crippen LogP contribution in [0.1, 0.15) is 16.1 Å². The van der Waals surface area contributed by atoms with Gasteiger partial charge in [0.2, 0.25) is 0 Å². The second kappa shape index (κ2) is 7.29. The lowest BCUT2D eigenvalue weighted by atomic mass is 10.1. The SMILES string of the molecule is NNC(=O)c1cc(-c2ccc(Cl)cc2)nn1CCc1ccccc1. The van der Waals surface area contributed by atoms with Crippen LogP contribution in [0.2, 0.25) is 5.02 Å². The first kappa shape index (κ1) is 16.2. The fourth-order valence-electron chi connectivity index (χ4n) is 2.49. The normalized spacial score (nSPS) is 10.6. The molecule has 2 aromatic carbocycles. The average Bonchev–Trinajstić information content (AvgIpc) is 3.05. The van der Waals surface area contributed by atoms with Crippen molar-refractivity contribution in [1.82, 2.24) is 15.2 Å². The molecule has 0 spiro atoms. The fraction of sp³-hybridized carbons (Fsp3) is 0.111. The highest BCUT2D eigenvalue weighted by Gasteiger charge is 2.15. The topological polar surface area (TPSA) is 72.9 Å². The Hall–Kier alpha value is -2.63. The van der Waals surface area contributed by atoms with E-state index < -0.39 is 0 Å². The Morgan fingerprint density at radius 1 is 1.12 bits per heavy atom. The van der Waals surface area contributed by atoms with Gasteiger partial charge in [0.15, 0.2) is 0 Å². The van der Waals surface area contributed by atoms with Gasteiger partial charge < -0.3 is 0 Å². The second-order valence-electron chi connectivity index (χ2n) is 5.35. The van der Waals surface area contributed by atoms with Crippen molar-refractivity contribution in [3.63, 3.8) is 0 Å². The van der Waals surface area contributed by atoms with Crippen LogP contribution in [0, 0.1) is 0 Å². The second-order valence-corrected chi connectivity index (χ2v) is 5.79. The summed E-state index contributed by atoms with van der Waals surface area (Å²) >= 11 is 5.92. The maximum atomic E-state index is 12.0. The van der Waals surface area contributed by atoms with Crippen molar-refractivity contribution < 1.29 is 4.79 Å². The number of aryl methyl sites for hydroxylation is 2. The molecule has 3 rings (SSSR count). The van der Waals surface area contributed by atoms with Gasteiger partial charge in [-0.2, -0.15) is 5.10 Å². The molecule has 0 radical (unpaired) electrons. The minimum Gasteiger partial charge on any atom is -0.289 e. The van der Waals surface area contributed by atoms with E-state index >= 15 is 0 Å². The summed E-state index contributed by atoms with van der Waals surface area (Å²) < 4.78 is 1.68. The lowest BCUT2D eigenvalue weighted by Crippen LogP contribution is -2.32. The summed E-state index contributed by atoms with van der Waals surface area (Å²) in [4.78, 5) is 12.0. The van der Waals surface area contributed by atoms with Gasteiger partial charge in [-0.05, 0) is 30.2 Å². The van der Waals surface area contributed by atoms with Gasteiger partial charge in [-0.3, -0.25) is 14.9 Å². The number of hydrogen-bond acceptors (Lipinski definition) is 3. The Kier molecular flexibility index (Phi) is 4.93. The quantitative estimate of drug-likeness (QED) is 0.426. The first-order chi connectivity index (χ1) is 11.7. The fourth-order valence-corrected chi connectivity index (χ4v) is 2.61. The number of carbonyl (C=O) groups excluding carboxylic acids is 1. The summed E-state index contributed by atoms with van der Waals surface area (Å²) in [5.74, 6) is 4.92. The molecule has 0 bridgehead atoms. The summed E-state index contributed by atoms with van der Waals surface area (Å²) in [5.41, 5.74) is 5.38. The van der Waals surface area contributed by atoms with E-state index in [1.807, 2.05) is 42.5 Å². The number of carbonyl (C=O) groups is 1. The highest BCUT2D eigenvalue weighted by molar-refractivity contribution is 6.30. The molecule has 0 fully saturated rings. The van der Waals surface area contributed by atoms with E-state index in [9.17, 15) is 4.79 Å². The van der Waals surface area contributed by atoms with E-state index in [2.05, 4.69) is 10.5 Å². The van der Waals surface area contributed by atoms with Gasteiger partial charge in [0.25, 0.3) is 5.91 Å². The van der Waals surface area contributed by atoms with Crippen molar-refractivity contribution in [2.45, 2.75) is 13.0 Å². The Morgan fingerprint density at radius 2 is 1.83 bits per heavy atom. The molecule has 0 unspecified atom stereocenters. The predicted molar refractivity (Wildman–Crippen MR) is 94.5 cm³/mol. The molecular formula is C18H17ClN4O. The van der Waals surface area contributed by atoms with Gasteiger partial charge >= 0.3 is 0 Å². The lowest BCUT2D eigenvalue weighted by Gasteiger charge is -2.06. The molecule has 1 heterocycles. The van der Waals surface area contributed by atoms with E-state index in [0.717, 1.165) is 12.0 Å². The Labute approximate surface area is 145 Å². The predicted octanol–water partition coefficient (Wildman–Crippen LogP) is 3.05. The number of nitrogen functional groups attached to an aromatic ring is 1. The monoisotopic (exact) mass is 340 g/mol. The van der Waals surface area contributed by atoms with Gasteiger partial charge in [0, 0.05) is 17.1 Å². The van der Waals surface area contributed by atoms with E-state index in [4.69, 9.17) is 17.4 Å². The van der Waals surface area contributed by atoms with Crippen molar-refractivity contribution in [1.29, 1.82) is 0 Å². The lowest BCUT2D eigenvalue weighted by molar-refractivity contribution is 0.0942. The van der Waals surface area contributed by atoms with Crippen LogP contribution in [0.3, 0.4) is 0 Å². The van der Waals surface area contributed by atoms with E-state index in [-0.39, 0.29) is 5.91 Å². The van der Waals surface area contributed by atoms with Crippen LogP contribution in [-0.4, -0.2) is 15.7 Å². The maximum absolute atomic E-state index is 12.0. The number of nitrogens with zero attached hydrogens (tertiary/aromatic N) is 2. The molecule has 3 aromatic rings. The molecule has 3 N–H and O–H groups in total. The van der Waals surface area contributed by atoms with Crippen LogP contribution in [0.5, 0.6) is 0 Å². The molecule has 0 aliphatic rings. The smallest absolute Gasteiger partial charge is 0.283 e. The van der Waals surface area contributed by atoms with E-state index in [0.29, 0.717) is 23.0 Å². The van der Waals surface area contributed by atoms with Crippen LogP contribution in [-0.2, 0) is 13.0 Å². The largest absolute Gasteiger partial charge is 0.289 e. The van der Waals surface area contributed by atoms with Crippen molar-refractivity contribution >= 4 is 17.5 Å². The standard InChI is InChI=1S/C18H17ClN4O/c19-15-8-6-14(7-9-15)16-12-17(18(24)21-20)23(22-16)11-10-13-4-2-1-3-5-13/h1-9,12H,10-11,20H2,(H,21,24). The number of amides is 1. The van der Waals surface area contributed by atoms with Crippen LogP contribution in [0.15, 0.2) is 60.7 Å². The van der Waals surface area contributed by atoms with Crippen molar-refractivity contribution in [2.24, 2.45) is 5.84 Å². The molecule has 1 amide bonds. The zero-order valence-corrected chi connectivity index (χ0v) is 13.7. The number of benzene rings is 2. The van der Waals surface area contributed by atoms with Gasteiger partial charge in [-0.25, -0.2) is 5.84 Å². The summed E-state index contributed by atoms with van der Waals surface area (Å²) in [7, 11) is 0. The summed E-state index contributed by atoms with van der Waals surface area (Å²) in [5, 5.41) is 5.21. The van der Waals surface area contributed by atoms with Gasteiger partial charge in [0.1, 0.15) is 5.69 Å². The number of nitrogens with two attached hydrogens (primary N) is 1. The molecule has 0 saturated heterocycles. The van der Waals surface area contributed by atoms with Gasteiger partial charge in [-0.1, -0.05) is 54.1 Å². The zero-order valence-electron chi connectivity index (χ0n) is 12.9. The van der Waals surface area contributed by atoms with Crippen LogP contribution in [0.25, 0.3) is 11.3 Å². The first-order valence-corrected chi connectivity index (χ1v) is 7.94. The molecule has 0 aliphatic heterocycles. The molecule has 1 aromatic heterocycles. The summed E-state index contributed by atoms with van der Waals surface area (Å²) in [6.45, 7) is 0.584. The molecular weight excluding hydrogens is 324 g/mol. The van der Waals surface area contributed by atoms with Crippen molar-refractivity contribution in [3.8, 4) is 11.3 Å². The number of rotatable bonds is 5. The van der Waals surface area contributed by atoms with E-state index in [1.54, 1.807) is 22.9 Å². The molecule has 0 aliphatic carbocycles. The van der Waals surface area contributed by atoms with E-state index in [1.165, 1.54) is 5.56 Å². The molecule has 0 saturated carbocycles. The average molecular weight is 341 g/mol. The van der Waals surface area contributed by atoms with Crippen molar-refractivity contribution in [3.05, 3.63) is 76.9 Å². The first-order valence-electron chi connectivity index (χ1n) is 7.56. The molecule has 0 atom stereocenters. The Balaban J connectivity index is 1.89. The Bertz CT molecular complexity index is 828. The summed E-state index contributed by atoms with van der Waals surface area (Å²) in [6.07, 6.45) is 0.771. The minimum absolute atomic E-state index is 0.365. The number of hydrogen-bond donors (Lipinski definition) is 2. The number of hydrazine groups is 1. The molecule has 5 nitrogen and oxygen atoms in total. The maximum Gasteiger partial charge on any atom is 0.283 e. The van der Waals surface area contributed by atoms with Crippen LogP contribution in [0.4, 0.5) is 0 Å². The number of nitrogens with one attached hydrogen (secondary N) is 1. The van der Waals surface area contributed by atoms with Crippen molar-refractivity contribution in [2.75, 3.05) is 0 Å². The third kappa shape index (κ3) is 3.64. The Morgan fingerprint density at radius 3 is 2.50 bits per heavy atom. The zero-order chi connectivity index (χ0) is 16.9. The van der Waals surface area contributed by atoms with Crippen LogP contribution >= 0.6 is 11.6 Å². The highest BCUT2D eigenvalue weighted by Crippen LogP contribution is 2.21. The number of halogens is 1. The highest BCUT2D eigenvalue weighted by atomic mass is 35.5. The third-order valence-corrected chi connectivity index (χ3v) is 3.99. The summed E-state index contributed by atoms with van der Waals surface area (Å²) in [6, 6.07) is 19.1. The third-order valence-electron chi connectivity index (χ3n) is 3.74. The molecule has 24 heavy (non-hydrogen) atoms. The molecule has 122 valence electrons. The molecule has 6 heteroatoms.